The van der Waals surface area contributed by atoms with Crippen LogP contribution in [0.25, 0.3) is 0 Å². The Labute approximate surface area is 73.4 Å². The number of aliphatic carboxylic acids is 1. The monoisotopic (exact) mass is 174 g/mol. The van der Waals surface area contributed by atoms with Crippen molar-refractivity contribution in [1.29, 1.82) is 0 Å². The molecule has 0 spiro atoms. The molecule has 0 heterocycles. The van der Waals surface area contributed by atoms with Crippen LogP contribution >= 0.6 is 0 Å². The molecule has 0 aliphatic carbocycles. The van der Waals surface area contributed by atoms with Crippen LogP contribution in [-0.2, 0) is 4.79 Å². The number of aliphatic hydroxyl groups excluding tert-OH is 1. The standard InChI is InChI=1S/C9H18O3/c1-3-4-5-6-9(2,7-10)8(11)12/h10H,3-7H2,1-2H3,(H,11,12)/t9-/m1/s1. The van der Waals surface area contributed by atoms with Crippen molar-refractivity contribution in [2.45, 2.75) is 39.5 Å². The highest BCUT2D eigenvalue weighted by atomic mass is 16.4. The molecule has 0 rings (SSSR count). The second kappa shape index (κ2) is 5.14. The van der Waals surface area contributed by atoms with Gasteiger partial charge < -0.3 is 10.2 Å². The van der Waals surface area contributed by atoms with Crippen molar-refractivity contribution >= 4 is 5.97 Å². The van der Waals surface area contributed by atoms with E-state index < -0.39 is 11.4 Å². The lowest BCUT2D eigenvalue weighted by Crippen LogP contribution is -2.31. The molecule has 12 heavy (non-hydrogen) atoms. The summed E-state index contributed by atoms with van der Waals surface area (Å²) in [6.45, 7) is 3.38. The molecule has 2 N–H and O–H groups in total. The number of unbranched alkanes of at least 4 members (excludes halogenated alkanes) is 2. The lowest BCUT2D eigenvalue weighted by molar-refractivity contribution is -0.150. The fourth-order valence-corrected chi connectivity index (χ4v) is 1.02. The van der Waals surface area contributed by atoms with Crippen LogP contribution in [0.4, 0.5) is 0 Å². The van der Waals surface area contributed by atoms with Crippen LogP contribution in [0.5, 0.6) is 0 Å². The van der Waals surface area contributed by atoms with Gasteiger partial charge in [0.25, 0.3) is 0 Å². The molecule has 0 aromatic rings. The maximum atomic E-state index is 10.7. The molecule has 0 amide bonds. The molecule has 1 atom stereocenters. The number of hydrogen-bond donors (Lipinski definition) is 2. The second-order valence-electron chi connectivity index (χ2n) is 3.48. The molecule has 0 aliphatic heterocycles. The Kier molecular flexibility index (Phi) is 4.90. The van der Waals surface area contributed by atoms with Crippen molar-refractivity contribution in [3.8, 4) is 0 Å². The highest BCUT2D eigenvalue weighted by molar-refractivity contribution is 5.74. The number of carbonyl (C=O) groups is 1. The van der Waals surface area contributed by atoms with Crippen LogP contribution in [0.15, 0.2) is 0 Å². The minimum absolute atomic E-state index is 0.272. The van der Waals surface area contributed by atoms with E-state index >= 15 is 0 Å². The van der Waals surface area contributed by atoms with Crippen LogP contribution in [-0.4, -0.2) is 22.8 Å². The van der Waals surface area contributed by atoms with Gasteiger partial charge >= 0.3 is 5.97 Å². The molecule has 0 aromatic carbocycles. The van der Waals surface area contributed by atoms with E-state index in [0.29, 0.717) is 6.42 Å². The number of aliphatic hydroxyl groups is 1. The molecular weight excluding hydrogens is 156 g/mol. The zero-order valence-corrected chi connectivity index (χ0v) is 7.84. The molecule has 72 valence electrons. The predicted octanol–water partition coefficient (Wildman–Crippen LogP) is 1.65. The Hall–Kier alpha value is -0.570. The van der Waals surface area contributed by atoms with E-state index in [1.165, 1.54) is 0 Å². The van der Waals surface area contributed by atoms with Crippen molar-refractivity contribution < 1.29 is 15.0 Å². The molecular formula is C9H18O3. The third-order valence-electron chi connectivity index (χ3n) is 2.20. The van der Waals surface area contributed by atoms with E-state index in [9.17, 15) is 4.79 Å². The Morgan fingerprint density at radius 3 is 2.33 bits per heavy atom. The van der Waals surface area contributed by atoms with Gasteiger partial charge in [0.2, 0.25) is 0 Å². The Bertz CT molecular complexity index is 145. The first kappa shape index (κ1) is 11.4. The van der Waals surface area contributed by atoms with Gasteiger partial charge in [-0.25, -0.2) is 0 Å². The molecule has 0 saturated carbocycles. The Morgan fingerprint density at radius 1 is 1.42 bits per heavy atom. The highest BCUT2D eigenvalue weighted by Gasteiger charge is 2.31. The summed E-state index contributed by atoms with van der Waals surface area (Å²) < 4.78 is 0. The van der Waals surface area contributed by atoms with Crippen LogP contribution in [0.2, 0.25) is 0 Å². The molecule has 0 unspecified atom stereocenters. The minimum atomic E-state index is -0.935. The van der Waals surface area contributed by atoms with E-state index in [-0.39, 0.29) is 6.61 Å². The summed E-state index contributed by atoms with van der Waals surface area (Å²) in [5.74, 6) is -0.902. The third-order valence-corrected chi connectivity index (χ3v) is 2.20. The first-order valence-electron chi connectivity index (χ1n) is 4.41. The van der Waals surface area contributed by atoms with E-state index in [1.807, 2.05) is 0 Å². The quantitative estimate of drug-likeness (QED) is 0.602. The van der Waals surface area contributed by atoms with Gasteiger partial charge in [-0.15, -0.1) is 0 Å². The molecule has 0 radical (unpaired) electrons. The highest BCUT2D eigenvalue weighted by Crippen LogP contribution is 2.23. The zero-order valence-electron chi connectivity index (χ0n) is 7.84. The fraction of sp³-hybridized carbons (Fsp3) is 0.889. The van der Waals surface area contributed by atoms with Crippen LogP contribution < -0.4 is 0 Å². The number of rotatable bonds is 6. The average Bonchev–Trinajstić information content (AvgIpc) is 2.04. The summed E-state index contributed by atoms with van der Waals surface area (Å²) in [6, 6.07) is 0. The second-order valence-corrected chi connectivity index (χ2v) is 3.48. The smallest absolute Gasteiger partial charge is 0.311 e. The van der Waals surface area contributed by atoms with Gasteiger partial charge in [-0.3, -0.25) is 4.79 Å². The molecule has 0 bridgehead atoms. The normalized spacial score (nSPS) is 15.6. The SMILES string of the molecule is CCCCC[C@](C)(CO)C(=O)O. The summed E-state index contributed by atoms with van der Waals surface area (Å²) in [4.78, 5) is 10.7. The Morgan fingerprint density at radius 2 is 2.00 bits per heavy atom. The molecule has 0 saturated heterocycles. The van der Waals surface area contributed by atoms with Crippen LogP contribution in [0, 0.1) is 5.41 Å². The van der Waals surface area contributed by atoms with Crippen LogP contribution in [0.3, 0.4) is 0 Å². The van der Waals surface area contributed by atoms with E-state index in [4.69, 9.17) is 10.2 Å². The summed E-state index contributed by atoms with van der Waals surface area (Å²) in [6.07, 6.45) is 3.54. The van der Waals surface area contributed by atoms with E-state index in [0.717, 1.165) is 19.3 Å². The molecule has 0 aromatic heterocycles. The maximum absolute atomic E-state index is 10.7. The van der Waals surface area contributed by atoms with Crippen molar-refractivity contribution in [3.05, 3.63) is 0 Å². The number of carboxylic acid groups (broad SMARTS) is 1. The van der Waals surface area contributed by atoms with Crippen molar-refractivity contribution in [1.82, 2.24) is 0 Å². The molecule has 0 fully saturated rings. The van der Waals surface area contributed by atoms with Crippen molar-refractivity contribution in [2.75, 3.05) is 6.61 Å². The average molecular weight is 174 g/mol. The minimum Gasteiger partial charge on any atom is -0.481 e. The van der Waals surface area contributed by atoms with Gasteiger partial charge in [-0.05, 0) is 13.3 Å². The zero-order chi connectivity index (χ0) is 9.61. The Balaban J connectivity index is 3.88. The molecule has 0 aliphatic rings. The first-order valence-corrected chi connectivity index (χ1v) is 4.41. The van der Waals surface area contributed by atoms with Gasteiger partial charge in [0.15, 0.2) is 0 Å². The van der Waals surface area contributed by atoms with Crippen molar-refractivity contribution in [3.63, 3.8) is 0 Å². The van der Waals surface area contributed by atoms with Gasteiger partial charge in [-0.2, -0.15) is 0 Å². The van der Waals surface area contributed by atoms with Gasteiger partial charge in [0.1, 0.15) is 0 Å². The van der Waals surface area contributed by atoms with E-state index in [1.54, 1.807) is 6.92 Å². The molecule has 3 nitrogen and oxygen atoms in total. The fourth-order valence-electron chi connectivity index (χ4n) is 1.02. The molecule has 3 heteroatoms. The summed E-state index contributed by atoms with van der Waals surface area (Å²) >= 11 is 0. The summed E-state index contributed by atoms with van der Waals surface area (Å²) in [5.41, 5.74) is -0.935. The summed E-state index contributed by atoms with van der Waals surface area (Å²) in [5, 5.41) is 17.6. The van der Waals surface area contributed by atoms with Crippen LogP contribution in [0.1, 0.15) is 39.5 Å². The maximum Gasteiger partial charge on any atom is 0.311 e. The third kappa shape index (κ3) is 3.22. The lowest BCUT2D eigenvalue weighted by atomic mass is 9.86. The lowest BCUT2D eigenvalue weighted by Gasteiger charge is -2.21. The van der Waals surface area contributed by atoms with E-state index in [2.05, 4.69) is 6.92 Å². The first-order chi connectivity index (χ1) is 5.56. The predicted molar refractivity (Wildman–Crippen MR) is 47.0 cm³/mol. The largest absolute Gasteiger partial charge is 0.481 e. The number of carboxylic acids is 1. The topological polar surface area (TPSA) is 57.5 Å². The van der Waals surface area contributed by atoms with Gasteiger partial charge in [0, 0.05) is 0 Å². The van der Waals surface area contributed by atoms with Gasteiger partial charge in [0.05, 0.1) is 12.0 Å². The van der Waals surface area contributed by atoms with Gasteiger partial charge in [-0.1, -0.05) is 26.2 Å². The van der Waals surface area contributed by atoms with Crippen molar-refractivity contribution in [2.24, 2.45) is 5.41 Å². The number of hydrogen-bond acceptors (Lipinski definition) is 2. The summed E-state index contributed by atoms with van der Waals surface area (Å²) in [7, 11) is 0.